The van der Waals surface area contributed by atoms with Crippen molar-refractivity contribution < 1.29 is 19.1 Å². The maximum absolute atomic E-state index is 13.6. The number of likely N-dealkylation sites (tertiary alicyclic amines) is 1. The Bertz CT molecular complexity index is 1110. The van der Waals surface area contributed by atoms with Crippen molar-refractivity contribution in [2.45, 2.75) is 63.5 Å². The van der Waals surface area contributed by atoms with Gasteiger partial charge in [0.15, 0.2) is 0 Å². The van der Waals surface area contributed by atoms with Gasteiger partial charge < -0.3 is 25.2 Å². The van der Waals surface area contributed by atoms with E-state index in [0.717, 1.165) is 45.3 Å². The van der Waals surface area contributed by atoms with Crippen LogP contribution in [0.2, 0.25) is 0 Å². The normalized spacial score (nSPS) is 19.1. The van der Waals surface area contributed by atoms with Crippen molar-refractivity contribution in [2.24, 2.45) is 0 Å². The first-order valence-corrected chi connectivity index (χ1v) is 14.3. The van der Waals surface area contributed by atoms with E-state index in [0.29, 0.717) is 43.7 Å². The Balaban J connectivity index is 1.25. The number of carbonyl (C=O) groups excluding carboxylic acids is 3. The van der Waals surface area contributed by atoms with E-state index < -0.39 is 11.6 Å². The van der Waals surface area contributed by atoms with Crippen LogP contribution in [0, 0.1) is 0 Å². The first-order chi connectivity index (χ1) is 19.0. The maximum Gasteiger partial charge on any atom is 0.251 e. The van der Waals surface area contributed by atoms with Gasteiger partial charge in [-0.25, -0.2) is 0 Å². The van der Waals surface area contributed by atoms with Crippen molar-refractivity contribution in [3.05, 3.63) is 65.7 Å². The third-order valence-electron chi connectivity index (χ3n) is 8.04. The molecular formula is C31H42N4O4. The van der Waals surface area contributed by atoms with E-state index in [2.05, 4.69) is 46.7 Å². The summed E-state index contributed by atoms with van der Waals surface area (Å²) in [6.45, 7) is 5.75. The molecule has 8 nitrogen and oxygen atoms in total. The Kier molecular flexibility index (Phi) is 9.98. The second-order valence-electron chi connectivity index (χ2n) is 10.6. The number of hydrogen-bond donors (Lipinski definition) is 2. The number of piperidine rings is 1. The second-order valence-corrected chi connectivity index (χ2v) is 10.6. The Morgan fingerprint density at radius 1 is 1.05 bits per heavy atom. The number of nitrogens with one attached hydrogen (secondary N) is 2. The summed E-state index contributed by atoms with van der Waals surface area (Å²) in [4.78, 5) is 43.8. The summed E-state index contributed by atoms with van der Waals surface area (Å²) in [5, 5.41) is 6.00. The molecule has 2 heterocycles. The lowest BCUT2D eigenvalue weighted by Crippen LogP contribution is -2.72. The van der Waals surface area contributed by atoms with Crippen molar-refractivity contribution in [1.82, 2.24) is 20.4 Å². The minimum absolute atomic E-state index is 0.00501. The van der Waals surface area contributed by atoms with E-state index in [4.69, 9.17) is 4.74 Å². The monoisotopic (exact) mass is 534 g/mol. The minimum atomic E-state index is -0.739. The van der Waals surface area contributed by atoms with Gasteiger partial charge in [0.2, 0.25) is 11.8 Å². The SMILES string of the molecule is CCCN1C(=O)[C@H](CCCCNC(=O)c2cccc(OC)c2)NC(=O)C12CCN(CCc1ccccc1)CC2. The van der Waals surface area contributed by atoms with Gasteiger partial charge in [-0.15, -0.1) is 0 Å². The molecule has 0 radical (unpaired) electrons. The number of amides is 3. The molecule has 2 aromatic rings. The third kappa shape index (κ3) is 6.98. The molecule has 1 atom stereocenters. The van der Waals surface area contributed by atoms with E-state index >= 15 is 0 Å². The number of benzene rings is 2. The van der Waals surface area contributed by atoms with Crippen LogP contribution < -0.4 is 15.4 Å². The highest BCUT2D eigenvalue weighted by Gasteiger charge is 2.52. The molecular weight excluding hydrogens is 492 g/mol. The molecule has 0 aliphatic carbocycles. The summed E-state index contributed by atoms with van der Waals surface area (Å²) in [5.74, 6) is 0.521. The zero-order valence-electron chi connectivity index (χ0n) is 23.3. The summed E-state index contributed by atoms with van der Waals surface area (Å²) < 4.78 is 5.18. The standard InChI is InChI=1S/C31H42N4O4/c1-3-19-35-29(37)27(14-7-8-18-32-28(36)25-12-9-13-26(23-25)39-2)33-30(38)31(35)16-21-34(22-17-31)20-15-24-10-5-4-6-11-24/h4-6,9-13,23,27H,3,7-8,14-22H2,1-2H3,(H,32,36)(H,33,38)/t27-/m0/s1. The molecule has 2 aliphatic heterocycles. The second kappa shape index (κ2) is 13.6. The zero-order chi connectivity index (χ0) is 27.7. The van der Waals surface area contributed by atoms with Gasteiger partial charge in [0, 0.05) is 38.3 Å². The van der Waals surface area contributed by atoms with Gasteiger partial charge in [-0.1, -0.05) is 43.3 Å². The quantitative estimate of drug-likeness (QED) is 0.408. The van der Waals surface area contributed by atoms with Crippen LogP contribution in [0.5, 0.6) is 5.75 Å². The van der Waals surface area contributed by atoms with Crippen LogP contribution in [0.15, 0.2) is 54.6 Å². The predicted octanol–water partition coefficient (Wildman–Crippen LogP) is 3.41. The van der Waals surface area contributed by atoms with Crippen molar-refractivity contribution in [3.8, 4) is 5.75 Å². The van der Waals surface area contributed by atoms with E-state index in [9.17, 15) is 14.4 Å². The molecule has 1 spiro atoms. The summed E-state index contributed by atoms with van der Waals surface area (Å²) in [6.07, 6.45) is 5.17. The molecule has 2 N–H and O–H groups in total. The van der Waals surface area contributed by atoms with Gasteiger partial charge in [-0.05, 0) is 68.7 Å². The molecule has 0 aromatic heterocycles. The molecule has 39 heavy (non-hydrogen) atoms. The molecule has 0 saturated carbocycles. The van der Waals surface area contributed by atoms with Crippen molar-refractivity contribution in [1.29, 1.82) is 0 Å². The number of ether oxygens (including phenoxy) is 1. The predicted molar refractivity (Wildman–Crippen MR) is 152 cm³/mol. The summed E-state index contributed by atoms with van der Waals surface area (Å²) in [5.41, 5.74) is 1.13. The molecule has 3 amide bonds. The first kappa shape index (κ1) is 28.6. The van der Waals surface area contributed by atoms with E-state index in [1.807, 2.05) is 11.0 Å². The van der Waals surface area contributed by atoms with Crippen LogP contribution in [-0.2, 0) is 16.0 Å². The van der Waals surface area contributed by atoms with Gasteiger partial charge in [0.05, 0.1) is 7.11 Å². The van der Waals surface area contributed by atoms with Gasteiger partial charge >= 0.3 is 0 Å². The number of piperazine rings is 1. The van der Waals surface area contributed by atoms with E-state index in [1.54, 1.807) is 31.4 Å². The van der Waals surface area contributed by atoms with Gasteiger partial charge in [-0.2, -0.15) is 0 Å². The number of nitrogens with zero attached hydrogens (tertiary/aromatic N) is 2. The molecule has 2 fully saturated rings. The highest BCUT2D eigenvalue weighted by molar-refractivity contribution is 6.00. The number of rotatable bonds is 12. The van der Waals surface area contributed by atoms with Crippen molar-refractivity contribution in [2.75, 3.05) is 39.8 Å². The fourth-order valence-corrected chi connectivity index (χ4v) is 5.74. The maximum atomic E-state index is 13.6. The van der Waals surface area contributed by atoms with Crippen molar-refractivity contribution in [3.63, 3.8) is 0 Å². The lowest BCUT2D eigenvalue weighted by Gasteiger charge is -2.51. The Labute approximate surface area is 232 Å². The van der Waals surface area contributed by atoms with Crippen LogP contribution in [-0.4, -0.2) is 78.9 Å². The van der Waals surface area contributed by atoms with E-state index in [1.165, 1.54) is 5.56 Å². The van der Waals surface area contributed by atoms with Gasteiger partial charge in [-0.3, -0.25) is 14.4 Å². The van der Waals surface area contributed by atoms with Gasteiger partial charge in [0.1, 0.15) is 17.3 Å². The number of carbonyl (C=O) groups is 3. The Morgan fingerprint density at radius 2 is 1.82 bits per heavy atom. The highest BCUT2D eigenvalue weighted by Crippen LogP contribution is 2.34. The number of methoxy groups -OCH3 is 1. The number of hydrogen-bond acceptors (Lipinski definition) is 5. The molecule has 2 aliphatic rings. The lowest BCUT2D eigenvalue weighted by molar-refractivity contribution is -0.161. The molecule has 210 valence electrons. The molecule has 2 saturated heterocycles. The van der Waals surface area contributed by atoms with Crippen LogP contribution in [0.4, 0.5) is 0 Å². The average molecular weight is 535 g/mol. The van der Waals surface area contributed by atoms with Crippen LogP contribution in [0.1, 0.15) is 61.4 Å². The minimum Gasteiger partial charge on any atom is -0.497 e. The number of unbranched alkanes of at least 4 members (excludes halogenated alkanes) is 1. The Morgan fingerprint density at radius 3 is 2.54 bits per heavy atom. The molecule has 2 aromatic carbocycles. The molecule has 0 bridgehead atoms. The summed E-state index contributed by atoms with van der Waals surface area (Å²) in [7, 11) is 1.57. The van der Waals surface area contributed by atoms with Crippen LogP contribution in [0.3, 0.4) is 0 Å². The smallest absolute Gasteiger partial charge is 0.251 e. The molecule has 8 heteroatoms. The van der Waals surface area contributed by atoms with Crippen molar-refractivity contribution >= 4 is 17.7 Å². The Hall–Kier alpha value is -3.39. The first-order valence-electron chi connectivity index (χ1n) is 14.3. The summed E-state index contributed by atoms with van der Waals surface area (Å²) >= 11 is 0. The third-order valence-corrected chi connectivity index (χ3v) is 8.04. The fraction of sp³-hybridized carbons (Fsp3) is 0.516. The highest BCUT2D eigenvalue weighted by atomic mass is 16.5. The summed E-state index contributed by atoms with van der Waals surface area (Å²) in [6, 6.07) is 17.0. The average Bonchev–Trinajstić information content (AvgIpc) is 2.97. The van der Waals surface area contributed by atoms with E-state index in [-0.39, 0.29) is 17.7 Å². The van der Waals surface area contributed by atoms with Crippen LogP contribution >= 0.6 is 0 Å². The molecule has 4 rings (SSSR count). The van der Waals surface area contributed by atoms with Crippen LogP contribution in [0.25, 0.3) is 0 Å². The zero-order valence-corrected chi connectivity index (χ0v) is 23.3. The van der Waals surface area contributed by atoms with Gasteiger partial charge in [0.25, 0.3) is 5.91 Å². The lowest BCUT2D eigenvalue weighted by atomic mass is 9.81. The largest absolute Gasteiger partial charge is 0.497 e. The molecule has 0 unspecified atom stereocenters. The fourth-order valence-electron chi connectivity index (χ4n) is 5.74. The topological polar surface area (TPSA) is 91.0 Å².